The molecular weight excluding hydrogens is 280 g/mol. The fourth-order valence-corrected chi connectivity index (χ4v) is 5.71. The normalized spacial score (nSPS) is 29.6. The Morgan fingerprint density at radius 3 is 2.68 bits per heavy atom. The maximum Gasteiger partial charge on any atom is 0.244 e. The monoisotopic (exact) mass is 302 g/mol. The molecule has 1 aliphatic heterocycles. The van der Waals surface area contributed by atoms with E-state index in [1.807, 2.05) is 6.92 Å². The van der Waals surface area contributed by atoms with Crippen LogP contribution in [0.25, 0.3) is 0 Å². The summed E-state index contributed by atoms with van der Waals surface area (Å²) in [5.41, 5.74) is 5.56. The van der Waals surface area contributed by atoms with E-state index < -0.39 is 10.0 Å². The molecule has 0 saturated carbocycles. The molecule has 3 unspecified atom stereocenters. The molecule has 0 aromatic carbocycles. The van der Waals surface area contributed by atoms with E-state index in [2.05, 4.69) is 13.8 Å². The van der Waals surface area contributed by atoms with Crippen molar-refractivity contribution in [3.63, 3.8) is 0 Å². The third-order valence-corrected chi connectivity index (χ3v) is 7.02. The molecule has 0 aliphatic carbocycles. The standard InChI is InChI=1S/C13H22N2O2S2/c1-9-4-10(2)11(3)15(7-9)19(16,17)13-5-12(6-14)18-8-13/h5,8-11H,4,6-7,14H2,1-3H3. The summed E-state index contributed by atoms with van der Waals surface area (Å²) in [6, 6.07) is 1.76. The lowest BCUT2D eigenvalue weighted by atomic mass is 9.88. The van der Waals surface area contributed by atoms with Crippen LogP contribution in [0.1, 0.15) is 32.1 Å². The van der Waals surface area contributed by atoms with Gasteiger partial charge in [0, 0.05) is 29.4 Å². The second-order valence-corrected chi connectivity index (χ2v) is 8.47. The Kier molecular flexibility index (Phi) is 4.35. The van der Waals surface area contributed by atoms with Crippen molar-refractivity contribution in [1.82, 2.24) is 4.31 Å². The van der Waals surface area contributed by atoms with Crippen LogP contribution in [-0.2, 0) is 16.6 Å². The predicted octanol–water partition coefficient (Wildman–Crippen LogP) is 2.26. The third kappa shape index (κ3) is 2.86. The van der Waals surface area contributed by atoms with Gasteiger partial charge in [0.1, 0.15) is 0 Å². The molecule has 1 saturated heterocycles. The fraction of sp³-hybridized carbons (Fsp3) is 0.692. The molecule has 4 nitrogen and oxygen atoms in total. The molecule has 1 aliphatic rings. The lowest BCUT2D eigenvalue weighted by molar-refractivity contribution is 0.157. The van der Waals surface area contributed by atoms with E-state index in [0.717, 1.165) is 11.3 Å². The molecule has 3 atom stereocenters. The molecule has 1 fully saturated rings. The Morgan fingerprint density at radius 2 is 2.11 bits per heavy atom. The van der Waals surface area contributed by atoms with Crippen molar-refractivity contribution < 1.29 is 8.42 Å². The largest absolute Gasteiger partial charge is 0.326 e. The zero-order chi connectivity index (χ0) is 14.2. The molecule has 6 heteroatoms. The first kappa shape index (κ1) is 15.0. The van der Waals surface area contributed by atoms with Crippen LogP contribution in [0, 0.1) is 11.8 Å². The van der Waals surface area contributed by atoms with Crippen molar-refractivity contribution >= 4 is 21.4 Å². The molecule has 1 aromatic heterocycles. The van der Waals surface area contributed by atoms with Crippen molar-refractivity contribution in [3.8, 4) is 0 Å². The Labute approximate surface area is 119 Å². The fourth-order valence-electron chi connectivity index (χ4n) is 2.72. The zero-order valence-electron chi connectivity index (χ0n) is 11.7. The van der Waals surface area contributed by atoms with Crippen LogP contribution >= 0.6 is 11.3 Å². The number of nitrogens with zero attached hydrogens (tertiary/aromatic N) is 1. The lowest BCUT2D eigenvalue weighted by Crippen LogP contribution is -2.48. The van der Waals surface area contributed by atoms with Gasteiger partial charge in [-0.15, -0.1) is 11.3 Å². The highest BCUT2D eigenvalue weighted by Crippen LogP contribution is 2.32. The molecule has 108 valence electrons. The van der Waals surface area contributed by atoms with Crippen LogP contribution in [-0.4, -0.2) is 25.3 Å². The summed E-state index contributed by atoms with van der Waals surface area (Å²) in [6.07, 6.45) is 1.09. The Balaban J connectivity index is 2.32. The molecule has 0 bridgehead atoms. The summed E-state index contributed by atoms with van der Waals surface area (Å²) in [7, 11) is -3.38. The van der Waals surface area contributed by atoms with Crippen LogP contribution in [0.4, 0.5) is 0 Å². The summed E-state index contributed by atoms with van der Waals surface area (Å²) in [6.45, 7) is 7.25. The number of piperidine rings is 1. The second kappa shape index (κ2) is 5.52. The predicted molar refractivity (Wildman–Crippen MR) is 78.5 cm³/mol. The number of hydrogen-bond donors (Lipinski definition) is 1. The molecular formula is C13H22N2O2S2. The van der Waals surface area contributed by atoms with Crippen molar-refractivity contribution in [2.45, 2.75) is 44.7 Å². The molecule has 19 heavy (non-hydrogen) atoms. The molecule has 2 heterocycles. The van der Waals surface area contributed by atoms with Gasteiger partial charge in [-0.25, -0.2) is 8.42 Å². The molecule has 1 aromatic rings. The van der Waals surface area contributed by atoms with Crippen LogP contribution < -0.4 is 5.73 Å². The van der Waals surface area contributed by atoms with Gasteiger partial charge in [0.25, 0.3) is 0 Å². The third-order valence-electron chi connectivity index (χ3n) is 3.98. The highest BCUT2D eigenvalue weighted by atomic mass is 32.2. The van der Waals surface area contributed by atoms with E-state index in [4.69, 9.17) is 5.73 Å². The number of nitrogens with two attached hydrogens (primary N) is 1. The van der Waals surface area contributed by atoms with Crippen LogP contribution in [0.5, 0.6) is 0 Å². The first-order valence-electron chi connectivity index (χ1n) is 6.65. The SMILES string of the molecule is CC1CC(C)C(C)N(S(=O)(=O)c2csc(CN)c2)C1. The first-order chi connectivity index (χ1) is 8.86. The highest BCUT2D eigenvalue weighted by molar-refractivity contribution is 7.89. The van der Waals surface area contributed by atoms with Gasteiger partial charge in [-0.2, -0.15) is 4.31 Å². The molecule has 0 spiro atoms. The maximum absolute atomic E-state index is 12.7. The summed E-state index contributed by atoms with van der Waals surface area (Å²) >= 11 is 1.41. The minimum absolute atomic E-state index is 0.0578. The van der Waals surface area contributed by atoms with Gasteiger partial charge >= 0.3 is 0 Å². The molecule has 2 N–H and O–H groups in total. The van der Waals surface area contributed by atoms with Gasteiger partial charge in [0.2, 0.25) is 10.0 Å². The maximum atomic E-state index is 12.7. The van der Waals surface area contributed by atoms with Crippen LogP contribution in [0.3, 0.4) is 0 Å². The highest BCUT2D eigenvalue weighted by Gasteiger charge is 2.37. The van der Waals surface area contributed by atoms with E-state index in [0.29, 0.717) is 29.8 Å². The minimum Gasteiger partial charge on any atom is -0.326 e. The quantitative estimate of drug-likeness (QED) is 0.931. The van der Waals surface area contributed by atoms with Crippen molar-refractivity contribution in [2.75, 3.05) is 6.54 Å². The first-order valence-corrected chi connectivity index (χ1v) is 8.97. The van der Waals surface area contributed by atoms with Gasteiger partial charge in [-0.3, -0.25) is 0 Å². The number of hydrogen-bond acceptors (Lipinski definition) is 4. The molecule has 0 amide bonds. The lowest BCUT2D eigenvalue weighted by Gasteiger charge is -2.39. The Hall–Kier alpha value is -0.430. The second-order valence-electron chi connectivity index (χ2n) is 5.59. The van der Waals surface area contributed by atoms with Gasteiger partial charge in [-0.05, 0) is 31.2 Å². The average molecular weight is 302 g/mol. The van der Waals surface area contributed by atoms with Crippen molar-refractivity contribution in [3.05, 3.63) is 16.3 Å². The molecule has 0 radical (unpaired) electrons. The smallest absolute Gasteiger partial charge is 0.244 e. The summed E-state index contributed by atoms with van der Waals surface area (Å²) < 4.78 is 27.1. The van der Waals surface area contributed by atoms with Gasteiger partial charge in [0.05, 0.1) is 4.90 Å². The van der Waals surface area contributed by atoms with Gasteiger partial charge < -0.3 is 5.73 Å². The molecule has 2 rings (SSSR count). The summed E-state index contributed by atoms with van der Waals surface area (Å²) in [4.78, 5) is 1.30. The van der Waals surface area contributed by atoms with E-state index in [1.165, 1.54) is 11.3 Å². The minimum atomic E-state index is -3.38. The summed E-state index contributed by atoms with van der Waals surface area (Å²) in [5.74, 6) is 0.805. The zero-order valence-corrected chi connectivity index (χ0v) is 13.3. The Bertz CT molecular complexity index is 539. The Morgan fingerprint density at radius 1 is 1.42 bits per heavy atom. The van der Waals surface area contributed by atoms with E-state index in [9.17, 15) is 8.42 Å². The van der Waals surface area contributed by atoms with Gasteiger partial charge in [-0.1, -0.05) is 13.8 Å². The van der Waals surface area contributed by atoms with E-state index >= 15 is 0 Å². The number of sulfonamides is 1. The summed E-state index contributed by atoms with van der Waals surface area (Å²) in [5, 5.41) is 1.70. The van der Waals surface area contributed by atoms with Crippen LogP contribution in [0.15, 0.2) is 16.3 Å². The van der Waals surface area contributed by atoms with E-state index in [1.54, 1.807) is 15.8 Å². The van der Waals surface area contributed by atoms with E-state index in [-0.39, 0.29) is 6.04 Å². The van der Waals surface area contributed by atoms with Crippen molar-refractivity contribution in [2.24, 2.45) is 17.6 Å². The topological polar surface area (TPSA) is 63.4 Å². The van der Waals surface area contributed by atoms with Crippen molar-refractivity contribution in [1.29, 1.82) is 0 Å². The average Bonchev–Trinajstić information content (AvgIpc) is 2.83. The number of rotatable bonds is 3. The van der Waals surface area contributed by atoms with Crippen LogP contribution in [0.2, 0.25) is 0 Å². The number of thiophene rings is 1. The van der Waals surface area contributed by atoms with Gasteiger partial charge in [0.15, 0.2) is 0 Å².